The van der Waals surface area contributed by atoms with Gasteiger partial charge < -0.3 is 9.47 Å². The molecule has 2 saturated heterocycles. The molecule has 6 nitrogen and oxygen atoms in total. The number of hydrogen-bond donors (Lipinski definition) is 0. The zero-order valence-electron chi connectivity index (χ0n) is 16.0. The molecule has 0 spiro atoms. The molecule has 3 rings (SSSR count). The van der Waals surface area contributed by atoms with Gasteiger partial charge in [-0.2, -0.15) is 4.31 Å². The van der Waals surface area contributed by atoms with Crippen molar-refractivity contribution in [2.45, 2.75) is 31.6 Å². The summed E-state index contributed by atoms with van der Waals surface area (Å²) in [5.41, 5.74) is 1.58. The first-order chi connectivity index (χ1) is 12.4. The summed E-state index contributed by atoms with van der Waals surface area (Å²) in [4.78, 5) is 2.84. The van der Waals surface area contributed by atoms with E-state index in [1.807, 2.05) is 19.9 Å². The minimum atomic E-state index is -3.45. The fourth-order valence-corrected chi connectivity index (χ4v) is 5.64. The second kappa shape index (κ2) is 8.25. The molecular weight excluding hydrogens is 352 g/mol. The van der Waals surface area contributed by atoms with Crippen LogP contribution in [0.3, 0.4) is 0 Å². The standard InChI is InChI=1S/C19H30N2O4S/c1-15-13-19(16(2)12-18(15)24-3)26(22,23)21-6-4-17(5-7-21)14-20-8-10-25-11-9-20/h12-13,17H,4-11,14H2,1-3H3. The van der Waals surface area contributed by atoms with E-state index in [0.29, 0.717) is 23.9 Å². The highest BCUT2D eigenvalue weighted by Crippen LogP contribution is 2.30. The number of methoxy groups -OCH3 is 1. The van der Waals surface area contributed by atoms with Gasteiger partial charge in [0, 0.05) is 32.7 Å². The molecule has 0 N–H and O–H groups in total. The molecule has 146 valence electrons. The van der Waals surface area contributed by atoms with Crippen molar-refractivity contribution < 1.29 is 17.9 Å². The van der Waals surface area contributed by atoms with Crippen LogP contribution in [0.1, 0.15) is 24.0 Å². The van der Waals surface area contributed by atoms with Crippen LogP contribution in [0, 0.1) is 19.8 Å². The highest BCUT2D eigenvalue weighted by atomic mass is 32.2. The second-order valence-electron chi connectivity index (χ2n) is 7.35. The van der Waals surface area contributed by atoms with Gasteiger partial charge in [-0.15, -0.1) is 0 Å². The number of nitrogens with zero attached hydrogens (tertiary/aromatic N) is 2. The van der Waals surface area contributed by atoms with Crippen LogP contribution in [-0.4, -0.2) is 70.7 Å². The van der Waals surface area contributed by atoms with E-state index in [1.165, 1.54) is 0 Å². The Hall–Kier alpha value is -1.15. The molecule has 1 aromatic carbocycles. The molecule has 0 saturated carbocycles. The summed E-state index contributed by atoms with van der Waals surface area (Å²) in [5, 5.41) is 0. The van der Waals surface area contributed by atoms with Crippen LogP contribution in [0.15, 0.2) is 17.0 Å². The van der Waals surface area contributed by atoms with Gasteiger partial charge in [0.15, 0.2) is 0 Å². The maximum atomic E-state index is 13.1. The highest BCUT2D eigenvalue weighted by Gasteiger charge is 2.31. The number of benzene rings is 1. The predicted octanol–water partition coefficient (Wildman–Crippen LogP) is 2.04. The Labute approximate surface area is 157 Å². The molecule has 0 unspecified atom stereocenters. The van der Waals surface area contributed by atoms with Gasteiger partial charge in [-0.3, -0.25) is 4.90 Å². The SMILES string of the molecule is COc1cc(C)c(S(=O)(=O)N2CCC(CN3CCOCC3)CC2)cc1C. The average molecular weight is 383 g/mol. The molecule has 0 aliphatic carbocycles. The fraction of sp³-hybridized carbons (Fsp3) is 0.684. The van der Waals surface area contributed by atoms with Crippen LogP contribution in [0.5, 0.6) is 5.75 Å². The number of piperidine rings is 1. The first kappa shape index (κ1) is 19.6. The molecule has 2 aliphatic rings. The molecule has 2 heterocycles. The van der Waals surface area contributed by atoms with Gasteiger partial charge in [-0.1, -0.05) is 0 Å². The molecule has 0 radical (unpaired) electrons. The molecule has 0 atom stereocenters. The van der Waals surface area contributed by atoms with Gasteiger partial charge in [-0.05, 0) is 55.9 Å². The summed E-state index contributed by atoms with van der Waals surface area (Å²) in [7, 11) is -1.85. The summed E-state index contributed by atoms with van der Waals surface area (Å²) in [6.45, 7) is 9.56. The van der Waals surface area contributed by atoms with E-state index in [9.17, 15) is 8.42 Å². The van der Waals surface area contributed by atoms with Gasteiger partial charge in [-0.25, -0.2) is 8.42 Å². The Morgan fingerprint density at radius 3 is 2.35 bits per heavy atom. The number of sulfonamides is 1. The van der Waals surface area contributed by atoms with Crippen molar-refractivity contribution in [2.75, 3.05) is 53.0 Å². The average Bonchev–Trinajstić information content (AvgIpc) is 2.64. The van der Waals surface area contributed by atoms with Crippen LogP contribution in [0.2, 0.25) is 0 Å². The minimum Gasteiger partial charge on any atom is -0.496 e. The highest BCUT2D eigenvalue weighted by molar-refractivity contribution is 7.89. The van der Waals surface area contributed by atoms with Gasteiger partial charge in [0.05, 0.1) is 25.2 Å². The summed E-state index contributed by atoms with van der Waals surface area (Å²) < 4.78 is 38.6. The van der Waals surface area contributed by atoms with E-state index in [4.69, 9.17) is 9.47 Å². The molecular formula is C19H30N2O4S. The van der Waals surface area contributed by atoms with Crippen molar-refractivity contribution in [1.29, 1.82) is 0 Å². The molecule has 0 amide bonds. The normalized spacial score (nSPS) is 21.0. The predicted molar refractivity (Wildman–Crippen MR) is 101 cm³/mol. The summed E-state index contributed by atoms with van der Waals surface area (Å²) in [6, 6.07) is 3.55. The molecule has 0 aromatic heterocycles. The Morgan fingerprint density at radius 1 is 1.08 bits per heavy atom. The molecule has 2 aliphatic heterocycles. The van der Waals surface area contributed by atoms with Gasteiger partial charge in [0.2, 0.25) is 10.0 Å². The third-order valence-corrected chi connectivity index (χ3v) is 7.54. The Morgan fingerprint density at radius 2 is 1.73 bits per heavy atom. The topological polar surface area (TPSA) is 59.1 Å². The third-order valence-electron chi connectivity index (χ3n) is 5.50. The molecule has 7 heteroatoms. The van der Waals surface area contributed by atoms with Crippen LogP contribution >= 0.6 is 0 Å². The number of aryl methyl sites for hydroxylation is 2. The van der Waals surface area contributed by atoms with E-state index >= 15 is 0 Å². The quantitative estimate of drug-likeness (QED) is 0.780. The first-order valence-corrected chi connectivity index (χ1v) is 10.8. The molecule has 0 bridgehead atoms. The van der Waals surface area contributed by atoms with Crippen molar-refractivity contribution in [1.82, 2.24) is 9.21 Å². The van der Waals surface area contributed by atoms with Crippen molar-refractivity contribution in [3.63, 3.8) is 0 Å². The maximum Gasteiger partial charge on any atom is 0.243 e. The Balaban J connectivity index is 1.65. The van der Waals surface area contributed by atoms with Gasteiger partial charge >= 0.3 is 0 Å². The molecule has 2 fully saturated rings. The number of morpholine rings is 1. The third kappa shape index (κ3) is 4.22. The van der Waals surface area contributed by atoms with Crippen molar-refractivity contribution >= 4 is 10.0 Å². The van der Waals surface area contributed by atoms with Crippen LogP contribution < -0.4 is 4.74 Å². The van der Waals surface area contributed by atoms with Crippen molar-refractivity contribution in [3.05, 3.63) is 23.3 Å². The van der Waals surface area contributed by atoms with E-state index in [0.717, 1.165) is 62.6 Å². The van der Waals surface area contributed by atoms with Crippen LogP contribution in [0.4, 0.5) is 0 Å². The Bertz CT molecular complexity index is 721. The van der Waals surface area contributed by atoms with E-state index < -0.39 is 10.0 Å². The largest absolute Gasteiger partial charge is 0.496 e. The van der Waals surface area contributed by atoms with Crippen LogP contribution in [-0.2, 0) is 14.8 Å². The van der Waals surface area contributed by atoms with E-state index in [-0.39, 0.29) is 0 Å². The summed E-state index contributed by atoms with van der Waals surface area (Å²) in [5.74, 6) is 1.30. The lowest BCUT2D eigenvalue weighted by Gasteiger charge is -2.35. The monoisotopic (exact) mass is 382 g/mol. The van der Waals surface area contributed by atoms with Crippen molar-refractivity contribution in [3.8, 4) is 5.75 Å². The number of rotatable bonds is 5. The summed E-state index contributed by atoms with van der Waals surface area (Å²) in [6.07, 6.45) is 1.84. The molecule has 1 aromatic rings. The first-order valence-electron chi connectivity index (χ1n) is 9.37. The zero-order valence-corrected chi connectivity index (χ0v) is 16.8. The Kier molecular flexibility index (Phi) is 6.22. The van der Waals surface area contributed by atoms with Crippen LogP contribution in [0.25, 0.3) is 0 Å². The maximum absolute atomic E-state index is 13.1. The van der Waals surface area contributed by atoms with Crippen molar-refractivity contribution in [2.24, 2.45) is 5.92 Å². The lowest BCUT2D eigenvalue weighted by molar-refractivity contribution is 0.0269. The van der Waals surface area contributed by atoms with Gasteiger partial charge in [0.1, 0.15) is 5.75 Å². The van der Waals surface area contributed by atoms with E-state index in [2.05, 4.69) is 4.90 Å². The van der Waals surface area contributed by atoms with Gasteiger partial charge in [0.25, 0.3) is 0 Å². The van der Waals surface area contributed by atoms with E-state index in [1.54, 1.807) is 17.5 Å². The lowest BCUT2D eigenvalue weighted by Crippen LogP contribution is -2.44. The fourth-order valence-electron chi connectivity index (χ4n) is 3.88. The minimum absolute atomic E-state index is 0.405. The summed E-state index contributed by atoms with van der Waals surface area (Å²) >= 11 is 0. The number of ether oxygens (including phenoxy) is 2. The zero-order chi connectivity index (χ0) is 18.7. The molecule has 26 heavy (non-hydrogen) atoms. The smallest absolute Gasteiger partial charge is 0.243 e. The second-order valence-corrected chi connectivity index (χ2v) is 9.25. The lowest BCUT2D eigenvalue weighted by atomic mass is 9.97. The number of hydrogen-bond acceptors (Lipinski definition) is 5.